The van der Waals surface area contributed by atoms with Gasteiger partial charge in [-0.2, -0.15) is 10.5 Å². The van der Waals surface area contributed by atoms with Crippen LogP contribution in [0.1, 0.15) is 64.7 Å². The number of ether oxygens (including phenoxy) is 2. The van der Waals surface area contributed by atoms with Crippen molar-refractivity contribution in [3.8, 4) is 12.1 Å². The Labute approximate surface area is 149 Å². The Morgan fingerprint density at radius 1 is 0.840 bits per heavy atom. The Hall–Kier alpha value is -2.08. The lowest BCUT2D eigenvalue weighted by atomic mass is 9.83. The van der Waals surface area contributed by atoms with Gasteiger partial charge in [-0.05, 0) is 51.4 Å². The van der Waals surface area contributed by atoms with Gasteiger partial charge in [0.2, 0.25) is 6.29 Å². The molecule has 0 N–H and O–H groups in total. The van der Waals surface area contributed by atoms with Gasteiger partial charge in [0.1, 0.15) is 0 Å². The molecule has 0 aromatic rings. The van der Waals surface area contributed by atoms with Crippen molar-refractivity contribution in [1.82, 2.24) is 0 Å². The van der Waals surface area contributed by atoms with Crippen LogP contribution in [0, 0.1) is 46.3 Å². The van der Waals surface area contributed by atoms with E-state index in [1.54, 1.807) is 0 Å². The van der Waals surface area contributed by atoms with E-state index >= 15 is 0 Å². The first-order chi connectivity index (χ1) is 12.1. The molecular formula is C19H26N2O4. The third kappa shape index (κ3) is 5.46. The Bertz CT molecular complexity index is 499. The van der Waals surface area contributed by atoms with Gasteiger partial charge in [-0.3, -0.25) is 9.59 Å². The van der Waals surface area contributed by atoms with E-state index in [0.717, 1.165) is 25.7 Å². The summed E-state index contributed by atoms with van der Waals surface area (Å²) in [4.78, 5) is 24.5. The Kier molecular flexibility index (Phi) is 7.25. The van der Waals surface area contributed by atoms with Crippen LogP contribution in [-0.2, 0) is 19.1 Å². The highest BCUT2D eigenvalue weighted by Crippen LogP contribution is 2.31. The van der Waals surface area contributed by atoms with Crippen molar-refractivity contribution >= 4 is 11.9 Å². The van der Waals surface area contributed by atoms with E-state index < -0.39 is 6.29 Å². The molecule has 136 valence electrons. The second-order valence-electron chi connectivity index (χ2n) is 7.07. The number of carbonyl (C=O) groups is 2. The van der Waals surface area contributed by atoms with Crippen LogP contribution in [0.25, 0.3) is 0 Å². The lowest BCUT2D eigenvalue weighted by Gasteiger charge is -2.27. The molecule has 6 nitrogen and oxygen atoms in total. The average molecular weight is 346 g/mol. The summed E-state index contributed by atoms with van der Waals surface area (Å²) in [5, 5.41) is 17.8. The third-order valence-electron chi connectivity index (χ3n) is 5.31. The van der Waals surface area contributed by atoms with E-state index in [-0.39, 0.29) is 35.6 Å². The minimum Gasteiger partial charge on any atom is -0.425 e. The van der Waals surface area contributed by atoms with E-state index in [1.807, 2.05) is 6.92 Å². The number of hydrogen-bond acceptors (Lipinski definition) is 6. The minimum atomic E-state index is -0.845. The number of carbonyl (C=O) groups excluding carboxylic acids is 2. The summed E-state index contributed by atoms with van der Waals surface area (Å²) in [5.74, 6) is -1.000. The van der Waals surface area contributed by atoms with Crippen LogP contribution in [0.3, 0.4) is 0 Å². The van der Waals surface area contributed by atoms with Crippen LogP contribution < -0.4 is 0 Å². The Balaban J connectivity index is 1.78. The molecule has 0 bridgehead atoms. The molecule has 2 aliphatic carbocycles. The first-order valence-corrected chi connectivity index (χ1v) is 9.27. The molecule has 2 fully saturated rings. The molecule has 0 heterocycles. The van der Waals surface area contributed by atoms with Crippen LogP contribution in [0.4, 0.5) is 0 Å². The summed E-state index contributed by atoms with van der Waals surface area (Å²) in [6.07, 6.45) is 5.05. The average Bonchev–Trinajstić information content (AvgIpc) is 2.67. The van der Waals surface area contributed by atoms with Gasteiger partial charge in [0.05, 0.1) is 24.0 Å². The van der Waals surface area contributed by atoms with Crippen molar-refractivity contribution < 1.29 is 19.1 Å². The van der Waals surface area contributed by atoms with Gasteiger partial charge in [0.25, 0.3) is 0 Å². The standard InChI is InChI=1S/C19H26N2O4/c1-2-17(24-18(22)15-7-3-13(11-20)4-8-15)25-19(23)16-9-5-14(12-21)6-10-16/h13-17H,2-10H2,1H3. The Morgan fingerprint density at radius 3 is 1.48 bits per heavy atom. The Morgan fingerprint density at radius 2 is 1.20 bits per heavy atom. The zero-order valence-corrected chi connectivity index (χ0v) is 14.8. The maximum Gasteiger partial charge on any atom is 0.312 e. The third-order valence-corrected chi connectivity index (χ3v) is 5.31. The fourth-order valence-corrected chi connectivity index (χ4v) is 3.56. The van der Waals surface area contributed by atoms with E-state index in [9.17, 15) is 9.59 Å². The lowest BCUT2D eigenvalue weighted by molar-refractivity contribution is -0.195. The van der Waals surface area contributed by atoms with Crippen molar-refractivity contribution in [3.63, 3.8) is 0 Å². The first kappa shape index (κ1) is 19.2. The molecule has 0 atom stereocenters. The van der Waals surface area contributed by atoms with Crippen LogP contribution in [0.15, 0.2) is 0 Å². The molecule has 0 radical (unpaired) electrons. The monoisotopic (exact) mass is 346 g/mol. The topological polar surface area (TPSA) is 100 Å². The summed E-state index contributed by atoms with van der Waals surface area (Å²) in [6, 6.07) is 4.49. The van der Waals surface area contributed by atoms with Gasteiger partial charge in [-0.25, -0.2) is 0 Å². The first-order valence-electron chi connectivity index (χ1n) is 9.27. The molecule has 0 aromatic carbocycles. The predicted molar refractivity (Wildman–Crippen MR) is 88.4 cm³/mol. The van der Waals surface area contributed by atoms with E-state index in [0.29, 0.717) is 32.1 Å². The molecule has 0 unspecified atom stereocenters. The molecular weight excluding hydrogens is 320 g/mol. The zero-order valence-electron chi connectivity index (χ0n) is 14.8. The highest BCUT2D eigenvalue weighted by molar-refractivity contribution is 5.74. The van der Waals surface area contributed by atoms with E-state index in [1.165, 1.54) is 0 Å². The molecule has 0 amide bonds. The second-order valence-corrected chi connectivity index (χ2v) is 7.07. The van der Waals surface area contributed by atoms with Gasteiger partial charge >= 0.3 is 11.9 Å². The second kappa shape index (κ2) is 9.42. The minimum absolute atomic E-state index is 0.0346. The normalized spacial score (nSPS) is 30.4. The quantitative estimate of drug-likeness (QED) is 0.558. The summed E-state index contributed by atoms with van der Waals surface area (Å²) >= 11 is 0. The molecule has 0 spiro atoms. The predicted octanol–water partition coefficient (Wildman–Crippen LogP) is 3.47. The highest BCUT2D eigenvalue weighted by atomic mass is 16.7. The van der Waals surface area contributed by atoms with Crippen molar-refractivity contribution in [2.75, 3.05) is 0 Å². The lowest BCUT2D eigenvalue weighted by Crippen LogP contribution is -2.32. The zero-order chi connectivity index (χ0) is 18.2. The molecule has 0 aliphatic heterocycles. The van der Waals surface area contributed by atoms with Crippen LogP contribution in [0.2, 0.25) is 0 Å². The summed E-state index contributed by atoms with van der Waals surface area (Å²) < 4.78 is 10.8. The van der Waals surface area contributed by atoms with Crippen molar-refractivity contribution in [2.45, 2.75) is 71.0 Å². The number of esters is 2. The molecule has 0 aromatic heterocycles. The summed E-state index contributed by atoms with van der Waals surface area (Å²) in [5.41, 5.74) is 0. The van der Waals surface area contributed by atoms with Crippen molar-refractivity contribution in [3.05, 3.63) is 0 Å². The molecule has 2 saturated carbocycles. The van der Waals surface area contributed by atoms with Gasteiger partial charge in [-0.1, -0.05) is 6.92 Å². The van der Waals surface area contributed by atoms with Gasteiger partial charge < -0.3 is 9.47 Å². The van der Waals surface area contributed by atoms with Gasteiger partial charge in [-0.15, -0.1) is 0 Å². The summed E-state index contributed by atoms with van der Waals surface area (Å²) in [7, 11) is 0. The largest absolute Gasteiger partial charge is 0.425 e. The molecule has 0 saturated heterocycles. The van der Waals surface area contributed by atoms with E-state index in [4.69, 9.17) is 20.0 Å². The fraction of sp³-hybridized carbons (Fsp3) is 0.789. The SMILES string of the molecule is CCC(OC(=O)C1CCC(C#N)CC1)OC(=O)C1CCC(C#N)CC1. The molecule has 25 heavy (non-hydrogen) atoms. The number of hydrogen-bond donors (Lipinski definition) is 0. The molecule has 2 aliphatic rings. The van der Waals surface area contributed by atoms with Crippen LogP contribution in [-0.4, -0.2) is 18.2 Å². The highest BCUT2D eigenvalue weighted by Gasteiger charge is 2.32. The fourth-order valence-electron chi connectivity index (χ4n) is 3.56. The maximum atomic E-state index is 12.3. The van der Waals surface area contributed by atoms with Crippen molar-refractivity contribution in [2.24, 2.45) is 23.7 Å². The summed E-state index contributed by atoms with van der Waals surface area (Å²) in [6.45, 7) is 1.81. The van der Waals surface area contributed by atoms with E-state index in [2.05, 4.69) is 12.1 Å². The maximum absolute atomic E-state index is 12.3. The van der Waals surface area contributed by atoms with Gasteiger partial charge in [0, 0.05) is 18.3 Å². The number of rotatable bonds is 5. The van der Waals surface area contributed by atoms with Crippen molar-refractivity contribution in [1.29, 1.82) is 10.5 Å². The van der Waals surface area contributed by atoms with Gasteiger partial charge in [0.15, 0.2) is 0 Å². The number of nitriles is 2. The smallest absolute Gasteiger partial charge is 0.312 e. The van der Waals surface area contributed by atoms with Crippen LogP contribution in [0.5, 0.6) is 0 Å². The molecule has 6 heteroatoms. The number of nitrogens with zero attached hydrogens (tertiary/aromatic N) is 2. The molecule has 2 rings (SSSR count). The van der Waals surface area contributed by atoms with Crippen LogP contribution >= 0.6 is 0 Å².